The molecule has 0 bridgehead atoms. The van der Waals surface area contributed by atoms with Crippen LogP contribution in [0.4, 0.5) is 11.4 Å². The summed E-state index contributed by atoms with van der Waals surface area (Å²) in [4.78, 5) is 25.7. The molecule has 2 aromatic carbocycles. The minimum Gasteiger partial charge on any atom is -0.326 e. The number of fused-ring (bicyclic) bond motifs is 1. The van der Waals surface area contributed by atoms with Crippen LogP contribution in [-0.4, -0.2) is 17.1 Å². The summed E-state index contributed by atoms with van der Waals surface area (Å²) >= 11 is 4.79. The van der Waals surface area contributed by atoms with Crippen LogP contribution >= 0.6 is 27.7 Å². The highest BCUT2D eigenvalue weighted by Gasteiger charge is 2.35. The van der Waals surface area contributed by atoms with Gasteiger partial charge < -0.3 is 10.6 Å². The topological polar surface area (TPSA) is 58.2 Å². The van der Waals surface area contributed by atoms with Crippen LogP contribution in [0.2, 0.25) is 0 Å². The lowest BCUT2D eigenvalue weighted by Gasteiger charge is -2.27. The highest BCUT2D eigenvalue weighted by molar-refractivity contribution is 9.10. The molecule has 118 valence electrons. The average molecular weight is 391 g/mol. The van der Waals surface area contributed by atoms with E-state index in [0.717, 1.165) is 15.1 Å². The molecule has 2 amide bonds. The molecular formula is C17H15BrN2O2S. The SMILES string of the molecule is C[C@H](C(=O)Nc1ccc(Br)cc1)[C@H]1Sc2ccccc2NC1=O. The molecule has 23 heavy (non-hydrogen) atoms. The van der Waals surface area contributed by atoms with E-state index in [1.54, 1.807) is 6.92 Å². The number of carbonyl (C=O) groups is 2. The Balaban J connectivity index is 1.72. The number of carbonyl (C=O) groups excluding carboxylic acids is 2. The van der Waals surface area contributed by atoms with Crippen molar-refractivity contribution in [1.82, 2.24) is 0 Å². The van der Waals surface area contributed by atoms with Gasteiger partial charge in [0, 0.05) is 15.1 Å². The normalized spacial score (nSPS) is 17.8. The monoisotopic (exact) mass is 390 g/mol. The minimum atomic E-state index is -0.447. The number of anilines is 2. The summed E-state index contributed by atoms with van der Waals surface area (Å²) in [6, 6.07) is 15.0. The van der Waals surface area contributed by atoms with E-state index >= 15 is 0 Å². The summed E-state index contributed by atoms with van der Waals surface area (Å²) in [5.74, 6) is -0.747. The van der Waals surface area contributed by atoms with Crippen molar-refractivity contribution in [3.05, 3.63) is 53.0 Å². The minimum absolute atomic E-state index is 0.132. The first-order chi connectivity index (χ1) is 11.0. The van der Waals surface area contributed by atoms with Crippen molar-refractivity contribution in [3.8, 4) is 0 Å². The van der Waals surface area contributed by atoms with Gasteiger partial charge in [-0.15, -0.1) is 11.8 Å². The second-order valence-corrected chi connectivity index (χ2v) is 7.41. The van der Waals surface area contributed by atoms with E-state index in [2.05, 4.69) is 26.6 Å². The van der Waals surface area contributed by atoms with Gasteiger partial charge in [-0.2, -0.15) is 0 Å². The summed E-state index contributed by atoms with van der Waals surface area (Å²) in [5, 5.41) is 5.28. The van der Waals surface area contributed by atoms with Gasteiger partial charge in [0.25, 0.3) is 0 Å². The van der Waals surface area contributed by atoms with E-state index in [1.165, 1.54) is 11.8 Å². The fraction of sp³-hybridized carbons (Fsp3) is 0.176. The summed E-state index contributed by atoms with van der Waals surface area (Å²) in [6.45, 7) is 1.78. The van der Waals surface area contributed by atoms with E-state index < -0.39 is 11.2 Å². The molecule has 2 aromatic rings. The highest BCUT2D eigenvalue weighted by Crippen LogP contribution is 2.38. The van der Waals surface area contributed by atoms with Crippen molar-refractivity contribution < 1.29 is 9.59 Å². The molecule has 0 saturated carbocycles. The summed E-state index contributed by atoms with van der Waals surface area (Å²) in [5.41, 5.74) is 1.52. The second-order valence-electron chi connectivity index (χ2n) is 5.31. The fourth-order valence-corrected chi connectivity index (χ4v) is 3.76. The van der Waals surface area contributed by atoms with Crippen LogP contribution in [0, 0.1) is 5.92 Å². The van der Waals surface area contributed by atoms with E-state index in [4.69, 9.17) is 0 Å². The third-order valence-electron chi connectivity index (χ3n) is 3.64. The van der Waals surface area contributed by atoms with E-state index in [1.807, 2.05) is 48.5 Å². The predicted octanol–water partition coefficient (Wildman–Crippen LogP) is 4.14. The molecule has 0 unspecified atom stereocenters. The van der Waals surface area contributed by atoms with Crippen LogP contribution in [0.1, 0.15) is 6.92 Å². The average Bonchev–Trinajstić information content (AvgIpc) is 2.55. The first-order valence-corrected chi connectivity index (χ1v) is 8.85. The second kappa shape index (κ2) is 6.76. The van der Waals surface area contributed by atoms with Gasteiger partial charge in [-0.3, -0.25) is 9.59 Å². The van der Waals surface area contributed by atoms with Gasteiger partial charge in [0.05, 0.1) is 16.9 Å². The van der Waals surface area contributed by atoms with Gasteiger partial charge in [0.2, 0.25) is 11.8 Å². The maximum absolute atomic E-state index is 12.4. The van der Waals surface area contributed by atoms with Crippen molar-refractivity contribution in [1.29, 1.82) is 0 Å². The van der Waals surface area contributed by atoms with Gasteiger partial charge >= 0.3 is 0 Å². The largest absolute Gasteiger partial charge is 0.326 e. The van der Waals surface area contributed by atoms with Crippen LogP contribution in [-0.2, 0) is 9.59 Å². The lowest BCUT2D eigenvalue weighted by atomic mass is 10.1. The Labute approximate surface area is 147 Å². The Hall–Kier alpha value is -1.79. The quantitative estimate of drug-likeness (QED) is 0.827. The van der Waals surface area contributed by atoms with Crippen LogP contribution in [0.25, 0.3) is 0 Å². The lowest BCUT2D eigenvalue weighted by Crippen LogP contribution is -2.39. The smallest absolute Gasteiger partial charge is 0.238 e. The number of thioether (sulfide) groups is 1. The van der Waals surface area contributed by atoms with Crippen LogP contribution in [0.15, 0.2) is 57.9 Å². The molecule has 2 atom stereocenters. The van der Waals surface area contributed by atoms with Gasteiger partial charge in [0.15, 0.2) is 0 Å². The molecule has 0 spiro atoms. The number of hydrogen-bond donors (Lipinski definition) is 2. The molecule has 0 fully saturated rings. The fourth-order valence-electron chi connectivity index (χ4n) is 2.32. The van der Waals surface area contributed by atoms with Crippen LogP contribution in [0.5, 0.6) is 0 Å². The van der Waals surface area contributed by atoms with Crippen molar-refractivity contribution >= 4 is 50.9 Å². The van der Waals surface area contributed by atoms with Gasteiger partial charge in [0.1, 0.15) is 0 Å². The maximum Gasteiger partial charge on any atom is 0.238 e. The molecule has 2 N–H and O–H groups in total. The zero-order chi connectivity index (χ0) is 16.4. The zero-order valence-electron chi connectivity index (χ0n) is 12.4. The molecule has 1 aliphatic rings. The summed E-state index contributed by atoms with van der Waals surface area (Å²) < 4.78 is 0.947. The Morgan fingerprint density at radius 2 is 1.91 bits per heavy atom. The summed E-state index contributed by atoms with van der Waals surface area (Å²) in [6.07, 6.45) is 0. The number of halogens is 1. The molecule has 0 radical (unpaired) electrons. The van der Waals surface area contributed by atoms with Crippen molar-refractivity contribution in [2.45, 2.75) is 17.1 Å². The van der Waals surface area contributed by atoms with Crippen molar-refractivity contribution in [2.24, 2.45) is 5.92 Å². The molecule has 1 aliphatic heterocycles. The first-order valence-electron chi connectivity index (χ1n) is 7.17. The van der Waals surface area contributed by atoms with Crippen molar-refractivity contribution in [2.75, 3.05) is 10.6 Å². The number of amides is 2. The van der Waals surface area contributed by atoms with Gasteiger partial charge in [-0.05, 0) is 36.4 Å². The van der Waals surface area contributed by atoms with E-state index in [9.17, 15) is 9.59 Å². The Bertz CT molecular complexity index is 749. The molecule has 1 heterocycles. The molecule has 3 rings (SSSR count). The maximum atomic E-state index is 12.4. The standard InChI is InChI=1S/C17H15BrN2O2S/c1-10(16(21)19-12-8-6-11(18)7-9-12)15-17(22)20-13-4-2-3-5-14(13)23-15/h2-10,15H,1H3,(H,19,21)(H,20,22)/t10-,15+/m0/s1. The third-order valence-corrected chi connectivity index (χ3v) is 5.65. The molecule has 0 aliphatic carbocycles. The Morgan fingerprint density at radius 1 is 1.22 bits per heavy atom. The molecule has 4 nitrogen and oxygen atoms in total. The third kappa shape index (κ3) is 3.59. The number of hydrogen-bond acceptors (Lipinski definition) is 3. The number of rotatable bonds is 3. The first kappa shape index (κ1) is 16.1. The zero-order valence-corrected chi connectivity index (χ0v) is 14.8. The van der Waals surface area contributed by atoms with E-state index in [0.29, 0.717) is 5.69 Å². The number of benzene rings is 2. The van der Waals surface area contributed by atoms with Gasteiger partial charge in [-0.25, -0.2) is 0 Å². The summed E-state index contributed by atoms with van der Waals surface area (Å²) in [7, 11) is 0. The predicted molar refractivity (Wildman–Crippen MR) is 96.7 cm³/mol. The molecule has 6 heteroatoms. The van der Waals surface area contributed by atoms with Crippen LogP contribution in [0.3, 0.4) is 0 Å². The highest BCUT2D eigenvalue weighted by atomic mass is 79.9. The van der Waals surface area contributed by atoms with Gasteiger partial charge in [-0.1, -0.05) is 35.0 Å². The lowest BCUT2D eigenvalue weighted by molar-refractivity contribution is -0.123. The number of para-hydroxylation sites is 1. The molecular weight excluding hydrogens is 376 g/mol. The van der Waals surface area contributed by atoms with Crippen LogP contribution < -0.4 is 10.6 Å². The Kier molecular flexibility index (Phi) is 4.73. The number of nitrogens with one attached hydrogen (secondary N) is 2. The van der Waals surface area contributed by atoms with E-state index in [-0.39, 0.29) is 11.8 Å². The Morgan fingerprint density at radius 3 is 2.65 bits per heavy atom. The van der Waals surface area contributed by atoms with Crippen molar-refractivity contribution in [3.63, 3.8) is 0 Å². The molecule has 0 saturated heterocycles. The molecule has 0 aromatic heterocycles.